The van der Waals surface area contributed by atoms with Crippen molar-refractivity contribution in [1.82, 2.24) is 0 Å². The number of rotatable bonds is 4. The van der Waals surface area contributed by atoms with Crippen LogP contribution >= 0.6 is 11.8 Å². The molecule has 0 saturated carbocycles. The first-order valence-electron chi connectivity index (χ1n) is 5.80. The summed E-state index contributed by atoms with van der Waals surface area (Å²) in [6, 6.07) is 13.1. The SMILES string of the molecule is COc1ccc(Sc2ccccc2C(=O)O)ccc1=O. The maximum Gasteiger partial charge on any atom is 0.336 e. The molecule has 0 saturated heterocycles. The second kappa shape index (κ2) is 6.25. The molecule has 1 N–H and O–H groups in total. The van der Waals surface area contributed by atoms with Gasteiger partial charge in [-0.05, 0) is 36.4 Å². The van der Waals surface area contributed by atoms with Crippen LogP contribution in [0.5, 0.6) is 5.75 Å². The van der Waals surface area contributed by atoms with Crippen LogP contribution in [-0.4, -0.2) is 18.2 Å². The minimum atomic E-state index is -0.976. The van der Waals surface area contributed by atoms with Crippen molar-refractivity contribution >= 4 is 17.7 Å². The van der Waals surface area contributed by atoms with Crippen LogP contribution in [-0.2, 0) is 0 Å². The molecule has 0 aliphatic rings. The molecule has 4 nitrogen and oxygen atoms in total. The van der Waals surface area contributed by atoms with E-state index >= 15 is 0 Å². The van der Waals surface area contributed by atoms with Gasteiger partial charge in [0, 0.05) is 9.79 Å². The Kier molecular flexibility index (Phi) is 4.42. The van der Waals surface area contributed by atoms with Gasteiger partial charge in [-0.1, -0.05) is 23.9 Å². The Morgan fingerprint density at radius 2 is 1.80 bits per heavy atom. The van der Waals surface area contributed by atoms with Gasteiger partial charge in [-0.15, -0.1) is 0 Å². The van der Waals surface area contributed by atoms with E-state index in [-0.39, 0.29) is 16.7 Å². The lowest BCUT2D eigenvalue weighted by atomic mass is 10.2. The van der Waals surface area contributed by atoms with Crippen molar-refractivity contribution in [2.24, 2.45) is 0 Å². The molecule has 0 aliphatic carbocycles. The number of carbonyl (C=O) groups is 1. The highest BCUT2D eigenvalue weighted by atomic mass is 32.2. The summed E-state index contributed by atoms with van der Waals surface area (Å²) < 4.78 is 4.96. The average Bonchev–Trinajstić information content (AvgIpc) is 2.61. The van der Waals surface area contributed by atoms with Gasteiger partial charge < -0.3 is 9.84 Å². The number of hydrogen-bond acceptors (Lipinski definition) is 4. The molecular weight excluding hydrogens is 276 g/mol. The van der Waals surface area contributed by atoms with Crippen LogP contribution in [0.15, 0.2) is 63.1 Å². The van der Waals surface area contributed by atoms with Gasteiger partial charge in [0.25, 0.3) is 0 Å². The third kappa shape index (κ3) is 3.19. The van der Waals surface area contributed by atoms with Crippen LogP contribution in [0.2, 0.25) is 0 Å². The highest BCUT2D eigenvalue weighted by Gasteiger charge is 2.10. The number of carboxylic acids is 1. The second-order valence-corrected chi connectivity index (χ2v) is 5.02. The van der Waals surface area contributed by atoms with Crippen molar-refractivity contribution in [3.63, 3.8) is 0 Å². The van der Waals surface area contributed by atoms with E-state index in [1.165, 1.54) is 24.9 Å². The molecule has 0 unspecified atom stereocenters. The van der Waals surface area contributed by atoms with Gasteiger partial charge in [-0.25, -0.2) is 4.79 Å². The fourth-order valence-corrected chi connectivity index (χ4v) is 2.57. The summed E-state index contributed by atoms with van der Waals surface area (Å²) in [5, 5.41) is 9.14. The van der Waals surface area contributed by atoms with E-state index in [0.717, 1.165) is 4.90 Å². The van der Waals surface area contributed by atoms with Gasteiger partial charge in [0.2, 0.25) is 5.43 Å². The summed E-state index contributed by atoms with van der Waals surface area (Å²) in [6.07, 6.45) is 0. The summed E-state index contributed by atoms with van der Waals surface area (Å²) in [5.41, 5.74) is 0.0178. The first kappa shape index (κ1) is 14.1. The third-order valence-electron chi connectivity index (χ3n) is 2.61. The highest BCUT2D eigenvalue weighted by Crippen LogP contribution is 2.30. The van der Waals surface area contributed by atoms with Crippen LogP contribution < -0.4 is 10.2 Å². The quantitative estimate of drug-likeness (QED) is 0.937. The molecule has 0 aromatic heterocycles. The molecule has 0 amide bonds. The van der Waals surface area contributed by atoms with Gasteiger partial charge in [-0.3, -0.25) is 4.79 Å². The van der Waals surface area contributed by atoms with E-state index in [9.17, 15) is 9.59 Å². The predicted octanol–water partition coefficient (Wildman–Crippen LogP) is 2.90. The minimum absolute atomic E-state index is 0.217. The first-order chi connectivity index (χ1) is 9.61. The lowest BCUT2D eigenvalue weighted by Gasteiger charge is -2.03. The maximum absolute atomic E-state index is 11.6. The molecule has 0 fully saturated rings. The largest absolute Gasteiger partial charge is 0.493 e. The Bertz CT molecular complexity index is 697. The molecule has 2 aromatic carbocycles. The summed E-state index contributed by atoms with van der Waals surface area (Å²) in [5.74, 6) is -0.723. The zero-order valence-corrected chi connectivity index (χ0v) is 11.5. The Balaban J connectivity index is 2.39. The summed E-state index contributed by atoms with van der Waals surface area (Å²) in [6.45, 7) is 0. The number of benzene rings is 1. The molecule has 2 rings (SSSR count). The molecule has 20 heavy (non-hydrogen) atoms. The van der Waals surface area contributed by atoms with Gasteiger partial charge in [0.1, 0.15) is 0 Å². The normalized spacial score (nSPS) is 10.1. The van der Waals surface area contributed by atoms with Crippen molar-refractivity contribution in [2.75, 3.05) is 7.11 Å². The van der Waals surface area contributed by atoms with Crippen LogP contribution in [0.1, 0.15) is 10.4 Å². The number of methoxy groups -OCH3 is 1. The van der Waals surface area contributed by atoms with Gasteiger partial charge >= 0.3 is 5.97 Å². The first-order valence-corrected chi connectivity index (χ1v) is 6.62. The summed E-state index contributed by atoms with van der Waals surface area (Å²) >= 11 is 1.29. The number of carboxylic acid groups (broad SMARTS) is 1. The van der Waals surface area contributed by atoms with Crippen molar-refractivity contribution in [3.8, 4) is 5.75 Å². The lowest BCUT2D eigenvalue weighted by Crippen LogP contribution is -1.99. The smallest absolute Gasteiger partial charge is 0.336 e. The maximum atomic E-state index is 11.6. The van der Waals surface area contributed by atoms with Crippen molar-refractivity contribution in [2.45, 2.75) is 9.79 Å². The highest BCUT2D eigenvalue weighted by molar-refractivity contribution is 7.99. The zero-order chi connectivity index (χ0) is 14.5. The fourth-order valence-electron chi connectivity index (χ4n) is 1.63. The van der Waals surface area contributed by atoms with Crippen LogP contribution in [0, 0.1) is 0 Å². The van der Waals surface area contributed by atoms with E-state index < -0.39 is 5.97 Å². The van der Waals surface area contributed by atoms with Gasteiger partial charge in [-0.2, -0.15) is 0 Å². The molecule has 5 heteroatoms. The molecule has 2 aromatic rings. The minimum Gasteiger partial charge on any atom is -0.493 e. The van der Waals surface area contributed by atoms with Crippen molar-refractivity contribution in [1.29, 1.82) is 0 Å². The Hall–Kier alpha value is -2.27. The number of hydrogen-bond donors (Lipinski definition) is 1. The average molecular weight is 288 g/mol. The van der Waals surface area contributed by atoms with Crippen LogP contribution in [0.3, 0.4) is 0 Å². The van der Waals surface area contributed by atoms with Crippen molar-refractivity contribution in [3.05, 3.63) is 64.3 Å². The molecule has 0 atom stereocenters. The van der Waals surface area contributed by atoms with Crippen molar-refractivity contribution < 1.29 is 14.6 Å². The summed E-state index contributed by atoms with van der Waals surface area (Å²) in [4.78, 5) is 24.1. The molecule has 0 bridgehead atoms. The van der Waals surface area contributed by atoms with Crippen LogP contribution in [0.25, 0.3) is 0 Å². The summed E-state index contributed by atoms with van der Waals surface area (Å²) in [7, 11) is 1.43. The van der Waals surface area contributed by atoms with Gasteiger partial charge in [0.15, 0.2) is 5.75 Å². The number of ether oxygens (including phenoxy) is 1. The van der Waals surface area contributed by atoms with Gasteiger partial charge in [0.05, 0.1) is 12.7 Å². The molecule has 102 valence electrons. The van der Waals surface area contributed by atoms with E-state index in [1.807, 2.05) is 0 Å². The third-order valence-corrected chi connectivity index (χ3v) is 3.69. The van der Waals surface area contributed by atoms with E-state index in [0.29, 0.717) is 4.90 Å². The van der Waals surface area contributed by atoms with Crippen LogP contribution in [0.4, 0.5) is 0 Å². The molecular formula is C15H12O4S. The Morgan fingerprint density at radius 3 is 2.50 bits per heavy atom. The second-order valence-electron chi connectivity index (χ2n) is 3.91. The Labute approximate surface area is 120 Å². The molecule has 0 radical (unpaired) electrons. The molecule has 0 heterocycles. The van der Waals surface area contributed by atoms with E-state index in [1.54, 1.807) is 42.5 Å². The lowest BCUT2D eigenvalue weighted by molar-refractivity contribution is 0.0693. The standard InChI is InChI=1S/C15H12O4S/c1-19-13-9-7-10(6-8-12(13)16)20-14-5-3-2-4-11(14)15(17)18/h2-9H,1H3,(H,17,18). The fraction of sp³-hybridized carbons (Fsp3) is 0.0667. The molecule has 0 aliphatic heterocycles. The number of aromatic carboxylic acids is 1. The zero-order valence-electron chi connectivity index (χ0n) is 10.7. The molecule has 0 spiro atoms. The van der Waals surface area contributed by atoms with E-state index in [4.69, 9.17) is 9.84 Å². The Morgan fingerprint density at radius 1 is 1.10 bits per heavy atom. The predicted molar refractivity (Wildman–Crippen MR) is 76.8 cm³/mol. The monoisotopic (exact) mass is 288 g/mol. The topological polar surface area (TPSA) is 63.6 Å². The van der Waals surface area contributed by atoms with E-state index in [2.05, 4.69) is 0 Å².